The molecule has 4 heterocycles. The smallest absolute Gasteiger partial charge is 0.224 e. The number of aliphatic hydroxyl groups excluding tert-OH is 13. The van der Waals surface area contributed by atoms with Gasteiger partial charge in [0.2, 0.25) is 11.6 Å². The number of hydrogen-bond donors (Lipinski definition) is 13. The van der Waals surface area contributed by atoms with Gasteiger partial charge < -0.3 is 99.5 Å². The van der Waals surface area contributed by atoms with Crippen molar-refractivity contribution in [1.82, 2.24) is 0 Å². The summed E-state index contributed by atoms with van der Waals surface area (Å²) in [5.41, 5.74) is 0. The monoisotopic (exact) mass is 664 g/mol. The van der Waals surface area contributed by atoms with E-state index in [2.05, 4.69) is 0 Å². The Balaban J connectivity index is 1.65. The molecule has 0 spiro atoms. The molecule has 0 aromatic rings. The van der Waals surface area contributed by atoms with Gasteiger partial charge in [0.25, 0.3) is 0 Å². The summed E-state index contributed by atoms with van der Waals surface area (Å²) in [6, 6.07) is 0. The van der Waals surface area contributed by atoms with E-state index in [9.17, 15) is 66.4 Å². The summed E-state index contributed by atoms with van der Waals surface area (Å²) >= 11 is 0. The van der Waals surface area contributed by atoms with Crippen LogP contribution < -0.4 is 0 Å². The molecule has 4 fully saturated rings. The van der Waals surface area contributed by atoms with Crippen LogP contribution in [-0.2, 0) is 33.2 Å². The first-order valence-corrected chi connectivity index (χ1v) is 14.4. The van der Waals surface area contributed by atoms with Gasteiger partial charge in [-0.05, 0) is 0 Å². The van der Waals surface area contributed by atoms with Crippen molar-refractivity contribution >= 4 is 0 Å². The lowest BCUT2D eigenvalue weighted by Gasteiger charge is -2.44. The third-order valence-electron chi connectivity index (χ3n) is 8.75. The first-order chi connectivity index (χ1) is 21.2. The zero-order chi connectivity index (χ0) is 33.5. The van der Waals surface area contributed by atoms with Gasteiger partial charge in [-0.2, -0.15) is 0 Å². The molecule has 4 saturated heterocycles. The fourth-order valence-corrected chi connectivity index (χ4v) is 5.87. The minimum atomic E-state index is -2.62. The van der Waals surface area contributed by atoms with Crippen LogP contribution in [0.2, 0.25) is 0 Å². The normalized spacial score (nSPS) is 52.1. The van der Waals surface area contributed by atoms with Crippen molar-refractivity contribution in [3.8, 4) is 0 Å². The van der Waals surface area contributed by atoms with Crippen molar-refractivity contribution in [2.24, 2.45) is 0 Å². The number of hydrogen-bond acceptors (Lipinski definition) is 20. The summed E-state index contributed by atoms with van der Waals surface area (Å²) in [5, 5.41) is 134. The molecular formula is C25H44O20. The Labute approximate surface area is 256 Å². The predicted octanol–water partition coefficient (Wildman–Crippen LogP) is -8.33. The maximum Gasteiger partial charge on any atom is 0.224 e. The van der Waals surface area contributed by atoms with E-state index in [4.69, 9.17) is 33.2 Å². The van der Waals surface area contributed by atoms with Crippen LogP contribution in [0.15, 0.2) is 0 Å². The van der Waals surface area contributed by atoms with Crippen LogP contribution in [0.25, 0.3) is 0 Å². The first kappa shape index (κ1) is 37.0. The summed E-state index contributed by atoms with van der Waals surface area (Å²) < 4.78 is 39.4. The van der Waals surface area contributed by atoms with Crippen molar-refractivity contribution in [2.75, 3.05) is 39.6 Å². The number of aliphatic hydroxyl groups is 13. The second-order valence-electron chi connectivity index (χ2n) is 11.5. The summed E-state index contributed by atoms with van der Waals surface area (Å²) in [6.07, 6.45) is -24.7. The molecule has 0 amide bonds. The van der Waals surface area contributed by atoms with Crippen LogP contribution in [0, 0.1) is 0 Å². The van der Waals surface area contributed by atoms with E-state index in [1.54, 1.807) is 0 Å². The molecule has 0 bridgehead atoms. The van der Waals surface area contributed by atoms with Crippen molar-refractivity contribution < 1.29 is 99.5 Å². The SMILES string of the molecule is CC[C@@]1(OC[C@@]2(OC[C@@]3(O[C@H]4OC(CO)[C@@H](O)[C@H](O)C4O)O[C@H](CO)[C@H](O)C3O)O[C@H](CO)[C@H](O)C2O)O[C@H](CO)[C@H](O)C1O. The topological polar surface area (TPSA) is 328 Å². The Morgan fingerprint density at radius 1 is 0.489 bits per heavy atom. The lowest BCUT2D eigenvalue weighted by Crippen LogP contribution is -2.63. The van der Waals surface area contributed by atoms with Crippen molar-refractivity contribution in [2.45, 2.75) is 116 Å². The molecule has 0 aromatic carbocycles. The van der Waals surface area contributed by atoms with Gasteiger partial charge in [0, 0.05) is 6.42 Å². The Kier molecular flexibility index (Phi) is 11.8. The third-order valence-corrected chi connectivity index (χ3v) is 8.75. The molecular weight excluding hydrogens is 620 g/mol. The number of rotatable bonds is 13. The average molecular weight is 665 g/mol. The van der Waals surface area contributed by atoms with Gasteiger partial charge in [0.15, 0.2) is 12.1 Å². The average Bonchev–Trinajstić information content (AvgIpc) is 3.55. The minimum absolute atomic E-state index is 0.129. The second-order valence-corrected chi connectivity index (χ2v) is 11.5. The third kappa shape index (κ3) is 6.50. The molecule has 0 saturated carbocycles. The van der Waals surface area contributed by atoms with Gasteiger partial charge >= 0.3 is 0 Å². The molecule has 17 atom stereocenters. The zero-order valence-electron chi connectivity index (χ0n) is 24.2. The Bertz CT molecular complexity index is 962. The molecule has 45 heavy (non-hydrogen) atoms. The summed E-state index contributed by atoms with van der Waals surface area (Å²) in [5.74, 6) is -7.12. The summed E-state index contributed by atoms with van der Waals surface area (Å²) in [6.45, 7) is -3.77. The molecule has 20 nitrogen and oxygen atoms in total. The molecule has 4 aliphatic heterocycles. The minimum Gasteiger partial charge on any atom is -0.394 e. The van der Waals surface area contributed by atoms with Gasteiger partial charge in [0.05, 0.1) is 26.4 Å². The van der Waals surface area contributed by atoms with Crippen LogP contribution >= 0.6 is 0 Å². The molecule has 0 radical (unpaired) electrons. The molecule has 0 aliphatic carbocycles. The molecule has 4 rings (SSSR count). The molecule has 20 heteroatoms. The quantitative estimate of drug-likeness (QED) is 0.0869. The van der Waals surface area contributed by atoms with E-state index >= 15 is 0 Å². The van der Waals surface area contributed by atoms with Crippen LogP contribution in [0.4, 0.5) is 0 Å². The second kappa shape index (κ2) is 14.4. The molecule has 5 unspecified atom stereocenters. The fourth-order valence-electron chi connectivity index (χ4n) is 5.87. The van der Waals surface area contributed by atoms with E-state index in [-0.39, 0.29) is 6.42 Å². The highest BCUT2D eigenvalue weighted by atomic mass is 16.8. The van der Waals surface area contributed by atoms with E-state index in [1.165, 1.54) is 6.92 Å². The highest BCUT2D eigenvalue weighted by Gasteiger charge is 2.63. The van der Waals surface area contributed by atoms with E-state index in [0.717, 1.165) is 0 Å². The number of ether oxygens (including phenoxy) is 7. The fraction of sp³-hybridized carbons (Fsp3) is 1.00. The maximum absolute atomic E-state index is 11.1. The highest BCUT2D eigenvalue weighted by molar-refractivity contribution is 5.03. The van der Waals surface area contributed by atoms with Crippen LogP contribution in [-0.4, -0.2) is 209 Å². The van der Waals surface area contributed by atoms with Crippen LogP contribution in [0.5, 0.6) is 0 Å². The zero-order valence-corrected chi connectivity index (χ0v) is 24.2. The van der Waals surface area contributed by atoms with Gasteiger partial charge in [0.1, 0.15) is 92.6 Å². The maximum atomic E-state index is 11.1. The van der Waals surface area contributed by atoms with E-state index < -0.39 is 143 Å². The highest BCUT2D eigenvalue weighted by Crippen LogP contribution is 2.42. The first-order valence-electron chi connectivity index (χ1n) is 14.4. The van der Waals surface area contributed by atoms with Gasteiger partial charge in [-0.25, -0.2) is 0 Å². The van der Waals surface area contributed by atoms with E-state index in [0.29, 0.717) is 0 Å². The van der Waals surface area contributed by atoms with Crippen molar-refractivity contribution in [3.05, 3.63) is 0 Å². The van der Waals surface area contributed by atoms with Crippen LogP contribution in [0.1, 0.15) is 13.3 Å². The van der Waals surface area contributed by atoms with Crippen molar-refractivity contribution in [1.29, 1.82) is 0 Å². The molecule has 0 aromatic heterocycles. The predicted molar refractivity (Wildman–Crippen MR) is 137 cm³/mol. The standard InChI is InChI=1S/C25H44O20/c1-2-23(19(36)14(31)10(4-27)42-23)39-7-24(20(37)15(32)11(5-28)43-24)40-8-25(21(38)16(33)12(6-29)44-25)45-22-18(35)17(34)13(30)9(3-26)41-22/h9-22,26-38H,2-8H2,1H3/t9?,10-,11-,12-,13-,14+,15+,16+,17+,18?,19?,20?,21?,22-,23-,24-,25+/m1/s1. The molecule has 13 N–H and O–H groups in total. The summed E-state index contributed by atoms with van der Waals surface area (Å²) in [7, 11) is 0. The van der Waals surface area contributed by atoms with Crippen molar-refractivity contribution in [3.63, 3.8) is 0 Å². The lowest BCUT2D eigenvalue weighted by molar-refractivity contribution is -0.404. The van der Waals surface area contributed by atoms with Gasteiger partial charge in [-0.1, -0.05) is 6.92 Å². The molecule has 4 aliphatic rings. The Hall–Kier alpha value is -0.800. The van der Waals surface area contributed by atoms with Gasteiger partial charge in [-0.15, -0.1) is 0 Å². The Morgan fingerprint density at radius 3 is 1.36 bits per heavy atom. The summed E-state index contributed by atoms with van der Waals surface area (Å²) in [4.78, 5) is 0. The van der Waals surface area contributed by atoms with Crippen LogP contribution in [0.3, 0.4) is 0 Å². The molecule has 264 valence electrons. The van der Waals surface area contributed by atoms with E-state index in [1.807, 2.05) is 0 Å². The van der Waals surface area contributed by atoms with Gasteiger partial charge in [-0.3, -0.25) is 0 Å². The largest absolute Gasteiger partial charge is 0.394 e. The Morgan fingerprint density at radius 2 is 0.889 bits per heavy atom. The lowest BCUT2D eigenvalue weighted by atomic mass is 9.99.